The average molecular weight is 528 g/mol. The molecule has 0 aromatic heterocycles. The molecular formula is C29H37NO8. The lowest BCUT2D eigenvalue weighted by molar-refractivity contribution is -0.155. The Morgan fingerprint density at radius 1 is 0.868 bits per heavy atom. The number of ether oxygens (including phenoxy) is 5. The van der Waals surface area contributed by atoms with E-state index in [1.54, 1.807) is 27.9 Å². The number of carbonyl (C=O) groups excluding carboxylic acids is 3. The van der Waals surface area contributed by atoms with E-state index in [9.17, 15) is 14.4 Å². The van der Waals surface area contributed by atoms with Crippen molar-refractivity contribution in [3.63, 3.8) is 0 Å². The molecule has 0 fully saturated rings. The van der Waals surface area contributed by atoms with Crippen LogP contribution in [0.1, 0.15) is 50.7 Å². The Labute approximate surface area is 223 Å². The second-order valence-corrected chi connectivity index (χ2v) is 9.92. The van der Waals surface area contributed by atoms with Crippen molar-refractivity contribution in [1.82, 2.24) is 5.32 Å². The molecular weight excluding hydrogens is 490 g/mol. The molecule has 38 heavy (non-hydrogen) atoms. The molecule has 9 heteroatoms. The highest BCUT2D eigenvalue weighted by atomic mass is 16.6. The number of fused-ring (bicyclic) bond motifs is 3. The van der Waals surface area contributed by atoms with E-state index in [4.69, 9.17) is 23.7 Å². The van der Waals surface area contributed by atoms with Crippen LogP contribution in [0, 0.1) is 0 Å². The number of methoxy groups -OCH3 is 1. The standard InChI is InChI=1S/C29H37NO8/c1-29(2,3)38-26(31)14-13-25(27(32)36-18-17-35-16-15-34-4)30-28(33)37-19-24-22-11-7-5-9-20(22)21-10-6-8-12-23(21)24/h5-12,24-25H,13-19H2,1-4H3,(H,30,33)/t25-/m0/s1. The zero-order valence-corrected chi connectivity index (χ0v) is 22.5. The molecule has 2 aromatic carbocycles. The average Bonchev–Trinajstić information content (AvgIpc) is 3.20. The number of esters is 2. The van der Waals surface area contributed by atoms with E-state index in [1.165, 1.54) is 0 Å². The topological polar surface area (TPSA) is 109 Å². The molecule has 3 rings (SSSR count). The summed E-state index contributed by atoms with van der Waals surface area (Å²) in [5.41, 5.74) is 3.73. The van der Waals surface area contributed by atoms with Gasteiger partial charge >= 0.3 is 18.0 Å². The van der Waals surface area contributed by atoms with Crippen LogP contribution >= 0.6 is 0 Å². The van der Waals surface area contributed by atoms with Gasteiger partial charge in [0.25, 0.3) is 0 Å². The Balaban J connectivity index is 1.59. The first-order chi connectivity index (χ1) is 18.2. The Morgan fingerprint density at radius 3 is 2.08 bits per heavy atom. The van der Waals surface area contributed by atoms with Crippen LogP contribution in [-0.4, -0.2) is 69.8 Å². The van der Waals surface area contributed by atoms with E-state index in [0.717, 1.165) is 22.3 Å². The number of carbonyl (C=O) groups is 3. The van der Waals surface area contributed by atoms with Crippen molar-refractivity contribution in [2.75, 3.05) is 40.1 Å². The number of rotatable bonds is 13. The number of benzene rings is 2. The van der Waals surface area contributed by atoms with Gasteiger partial charge in [-0.25, -0.2) is 9.59 Å². The lowest BCUT2D eigenvalue weighted by atomic mass is 9.98. The number of nitrogens with one attached hydrogen (secondary N) is 1. The molecule has 0 heterocycles. The van der Waals surface area contributed by atoms with Gasteiger partial charge in [-0.3, -0.25) is 4.79 Å². The predicted octanol–water partition coefficient (Wildman–Crippen LogP) is 4.22. The van der Waals surface area contributed by atoms with Gasteiger partial charge in [-0.05, 0) is 49.4 Å². The molecule has 206 valence electrons. The SMILES string of the molecule is COCCOCCOC(=O)[C@H](CCC(=O)OC(C)(C)C)NC(=O)OCC1c2ccccc2-c2ccccc21. The summed E-state index contributed by atoms with van der Waals surface area (Å²) in [7, 11) is 1.56. The van der Waals surface area contributed by atoms with Crippen LogP contribution in [0.25, 0.3) is 11.1 Å². The minimum atomic E-state index is -1.09. The Hall–Kier alpha value is -3.43. The molecule has 1 N–H and O–H groups in total. The van der Waals surface area contributed by atoms with Crippen LogP contribution in [0.3, 0.4) is 0 Å². The summed E-state index contributed by atoms with van der Waals surface area (Å²) >= 11 is 0. The Morgan fingerprint density at radius 2 is 1.47 bits per heavy atom. The van der Waals surface area contributed by atoms with E-state index in [-0.39, 0.29) is 38.6 Å². The Kier molecular flexibility index (Phi) is 10.7. The quantitative estimate of drug-likeness (QED) is 0.234. The molecule has 1 aliphatic rings. The second-order valence-electron chi connectivity index (χ2n) is 9.92. The van der Waals surface area contributed by atoms with E-state index < -0.39 is 29.7 Å². The van der Waals surface area contributed by atoms with Crippen LogP contribution in [0.2, 0.25) is 0 Å². The Bertz CT molecular complexity index is 1050. The van der Waals surface area contributed by atoms with Crippen molar-refractivity contribution in [3.8, 4) is 11.1 Å². The zero-order chi connectivity index (χ0) is 27.5. The smallest absolute Gasteiger partial charge is 0.407 e. The summed E-state index contributed by atoms with van der Waals surface area (Å²) < 4.78 is 26.4. The minimum Gasteiger partial charge on any atom is -0.462 e. The highest BCUT2D eigenvalue weighted by molar-refractivity contribution is 5.82. The van der Waals surface area contributed by atoms with Crippen LogP contribution < -0.4 is 5.32 Å². The molecule has 9 nitrogen and oxygen atoms in total. The maximum atomic E-state index is 12.8. The first-order valence-corrected chi connectivity index (χ1v) is 12.8. The van der Waals surface area contributed by atoms with Gasteiger partial charge in [0.05, 0.1) is 19.8 Å². The number of amides is 1. The van der Waals surface area contributed by atoms with Crippen molar-refractivity contribution in [1.29, 1.82) is 0 Å². The van der Waals surface area contributed by atoms with Crippen molar-refractivity contribution in [2.45, 2.75) is 51.2 Å². The molecule has 0 aliphatic heterocycles. The molecule has 0 spiro atoms. The van der Waals surface area contributed by atoms with Gasteiger partial charge in [0.15, 0.2) is 0 Å². The van der Waals surface area contributed by atoms with Crippen LogP contribution in [0.4, 0.5) is 4.79 Å². The molecule has 1 amide bonds. The molecule has 0 bridgehead atoms. The van der Waals surface area contributed by atoms with E-state index >= 15 is 0 Å². The van der Waals surface area contributed by atoms with Crippen molar-refractivity contribution in [2.24, 2.45) is 0 Å². The van der Waals surface area contributed by atoms with Crippen molar-refractivity contribution < 1.29 is 38.1 Å². The molecule has 2 aromatic rings. The zero-order valence-electron chi connectivity index (χ0n) is 22.5. The van der Waals surface area contributed by atoms with E-state index in [0.29, 0.717) is 13.2 Å². The predicted molar refractivity (Wildman–Crippen MR) is 141 cm³/mol. The number of alkyl carbamates (subject to hydrolysis) is 1. The molecule has 0 radical (unpaired) electrons. The van der Waals surface area contributed by atoms with Gasteiger partial charge in [0.2, 0.25) is 0 Å². The van der Waals surface area contributed by atoms with E-state index in [1.807, 2.05) is 36.4 Å². The fourth-order valence-corrected chi connectivity index (χ4v) is 4.23. The third kappa shape index (κ3) is 8.56. The largest absolute Gasteiger partial charge is 0.462 e. The lowest BCUT2D eigenvalue weighted by Crippen LogP contribution is -2.43. The third-order valence-corrected chi connectivity index (χ3v) is 5.88. The fourth-order valence-electron chi connectivity index (χ4n) is 4.23. The van der Waals surface area contributed by atoms with Crippen molar-refractivity contribution >= 4 is 18.0 Å². The monoisotopic (exact) mass is 527 g/mol. The maximum absolute atomic E-state index is 12.8. The molecule has 0 saturated heterocycles. The van der Waals surface area contributed by atoms with Gasteiger partial charge < -0.3 is 29.0 Å². The van der Waals surface area contributed by atoms with Gasteiger partial charge in [-0.15, -0.1) is 0 Å². The summed E-state index contributed by atoms with van der Waals surface area (Å²) in [6.45, 7) is 6.35. The summed E-state index contributed by atoms with van der Waals surface area (Å²) in [6.07, 6.45) is -0.845. The summed E-state index contributed by atoms with van der Waals surface area (Å²) in [5.74, 6) is -1.28. The van der Waals surface area contributed by atoms with Crippen LogP contribution in [0.5, 0.6) is 0 Å². The van der Waals surface area contributed by atoms with Crippen LogP contribution in [-0.2, 0) is 33.3 Å². The van der Waals surface area contributed by atoms with Gasteiger partial charge in [0, 0.05) is 19.4 Å². The third-order valence-electron chi connectivity index (χ3n) is 5.88. The maximum Gasteiger partial charge on any atom is 0.407 e. The second kappa shape index (κ2) is 13.9. The highest BCUT2D eigenvalue weighted by Gasteiger charge is 2.30. The van der Waals surface area contributed by atoms with Gasteiger partial charge in [0.1, 0.15) is 24.9 Å². The first-order valence-electron chi connectivity index (χ1n) is 12.8. The van der Waals surface area contributed by atoms with Crippen molar-refractivity contribution in [3.05, 3.63) is 59.7 Å². The highest BCUT2D eigenvalue weighted by Crippen LogP contribution is 2.44. The van der Waals surface area contributed by atoms with Crippen LogP contribution in [0.15, 0.2) is 48.5 Å². The molecule has 1 atom stereocenters. The summed E-state index contributed by atoms with van der Waals surface area (Å²) in [4.78, 5) is 37.7. The van der Waals surface area contributed by atoms with Gasteiger partial charge in [-0.1, -0.05) is 48.5 Å². The summed E-state index contributed by atoms with van der Waals surface area (Å²) in [5, 5.41) is 2.56. The number of hydrogen-bond acceptors (Lipinski definition) is 8. The molecule has 0 saturated carbocycles. The number of hydrogen-bond donors (Lipinski definition) is 1. The fraction of sp³-hybridized carbons (Fsp3) is 0.483. The lowest BCUT2D eigenvalue weighted by Gasteiger charge is -2.21. The summed E-state index contributed by atoms with van der Waals surface area (Å²) in [6, 6.07) is 14.9. The molecule has 1 aliphatic carbocycles. The van der Waals surface area contributed by atoms with E-state index in [2.05, 4.69) is 17.4 Å². The molecule has 0 unspecified atom stereocenters. The normalized spacial score (nSPS) is 13.3. The first kappa shape index (κ1) is 29.1. The minimum absolute atomic E-state index is 0.00213. The van der Waals surface area contributed by atoms with Gasteiger partial charge in [-0.2, -0.15) is 0 Å².